The quantitative estimate of drug-likeness (QED) is 0.471. The molecule has 11 nitrogen and oxygen atoms in total. The Morgan fingerprint density at radius 3 is 2.51 bits per heavy atom. The zero-order valence-corrected chi connectivity index (χ0v) is 22.9. The second-order valence-corrected chi connectivity index (χ2v) is 10.5. The highest BCUT2D eigenvalue weighted by molar-refractivity contribution is 6.13. The largest absolute Gasteiger partial charge is 0.491 e. The number of amides is 4. The fourth-order valence-electron chi connectivity index (χ4n) is 4.99. The van der Waals surface area contributed by atoms with Crippen LogP contribution in [0.3, 0.4) is 0 Å². The molecule has 0 spiro atoms. The molecule has 3 N–H and O–H groups in total. The highest BCUT2D eigenvalue weighted by atomic mass is 19.2. The van der Waals surface area contributed by atoms with Gasteiger partial charge in [-0.3, -0.25) is 14.4 Å². The van der Waals surface area contributed by atoms with E-state index < -0.39 is 53.2 Å². The van der Waals surface area contributed by atoms with Gasteiger partial charge >= 0.3 is 6.09 Å². The topological polar surface area (TPSA) is 144 Å². The number of primary amides is 1. The SMILES string of the molecule is CN1N=C2CCN(C(=O)C(COc3ccc(F)c(F)c3)NC(=O)C(C)(C)OC(N)=O)C[C@@]2(Cc2ccccc2)C1=O. The molecule has 0 radical (unpaired) electrons. The van der Waals surface area contributed by atoms with Gasteiger partial charge in [-0.2, -0.15) is 5.10 Å². The number of benzene rings is 2. The summed E-state index contributed by atoms with van der Waals surface area (Å²) in [5.41, 5.74) is 3.78. The van der Waals surface area contributed by atoms with Crippen molar-refractivity contribution in [2.75, 3.05) is 26.7 Å². The molecule has 41 heavy (non-hydrogen) atoms. The van der Waals surface area contributed by atoms with E-state index in [4.69, 9.17) is 15.2 Å². The summed E-state index contributed by atoms with van der Waals surface area (Å²) in [5, 5.41) is 8.24. The van der Waals surface area contributed by atoms with Crippen molar-refractivity contribution in [1.82, 2.24) is 15.2 Å². The molecule has 2 aromatic carbocycles. The smallest absolute Gasteiger partial charge is 0.405 e. The molecule has 218 valence electrons. The zero-order chi connectivity index (χ0) is 29.9. The molecule has 4 rings (SSSR count). The van der Waals surface area contributed by atoms with Crippen LogP contribution in [0.15, 0.2) is 53.6 Å². The first-order valence-corrected chi connectivity index (χ1v) is 12.9. The Hall–Kier alpha value is -4.55. The number of nitrogens with two attached hydrogens (primary N) is 1. The van der Waals surface area contributed by atoms with Crippen LogP contribution in [0.5, 0.6) is 5.75 Å². The number of carbonyl (C=O) groups is 4. The minimum absolute atomic E-state index is 0.0124. The maximum atomic E-state index is 13.9. The first-order chi connectivity index (χ1) is 19.3. The summed E-state index contributed by atoms with van der Waals surface area (Å²) in [6.45, 7) is 2.29. The van der Waals surface area contributed by atoms with E-state index in [2.05, 4.69) is 10.4 Å². The molecule has 1 unspecified atom stereocenters. The van der Waals surface area contributed by atoms with E-state index in [9.17, 15) is 28.0 Å². The third-order valence-corrected chi connectivity index (χ3v) is 7.08. The van der Waals surface area contributed by atoms with Gasteiger partial charge in [-0.1, -0.05) is 30.3 Å². The molecule has 0 aromatic heterocycles. The normalized spacial score (nSPS) is 19.2. The van der Waals surface area contributed by atoms with Crippen molar-refractivity contribution in [2.45, 2.75) is 38.3 Å². The fourth-order valence-corrected chi connectivity index (χ4v) is 4.99. The van der Waals surface area contributed by atoms with E-state index in [1.165, 1.54) is 29.8 Å². The summed E-state index contributed by atoms with van der Waals surface area (Å²) < 4.78 is 37.6. The van der Waals surface area contributed by atoms with Crippen molar-refractivity contribution >= 4 is 29.5 Å². The van der Waals surface area contributed by atoms with Crippen molar-refractivity contribution in [2.24, 2.45) is 16.3 Å². The van der Waals surface area contributed by atoms with Gasteiger partial charge in [-0.15, -0.1) is 0 Å². The standard InChI is InChI=1S/C28H31F2N5O6/c1-27(2,41-26(31)39)24(37)32-21(15-40-18-9-10-19(29)20(30)13-18)23(36)35-12-11-22-28(16-35,25(38)34(3)33-22)14-17-7-5-4-6-8-17/h4-10,13,21H,11-12,14-16H2,1-3H3,(H2,31,39)(H,32,37)/t21?,28-/m1/s1. The number of nitrogens with zero attached hydrogens (tertiary/aromatic N) is 3. The van der Waals surface area contributed by atoms with Crippen LogP contribution in [0.25, 0.3) is 0 Å². The molecule has 0 aliphatic carbocycles. The van der Waals surface area contributed by atoms with Crippen LogP contribution in [-0.2, 0) is 25.5 Å². The molecule has 2 aliphatic rings. The van der Waals surface area contributed by atoms with Crippen molar-refractivity contribution in [3.8, 4) is 5.75 Å². The monoisotopic (exact) mass is 571 g/mol. The summed E-state index contributed by atoms with van der Waals surface area (Å²) in [5.74, 6) is -4.01. The molecule has 2 atom stereocenters. The van der Waals surface area contributed by atoms with Crippen molar-refractivity contribution in [3.63, 3.8) is 0 Å². The van der Waals surface area contributed by atoms with Crippen molar-refractivity contribution in [1.29, 1.82) is 0 Å². The lowest BCUT2D eigenvalue weighted by atomic mass is 9.73. The van der Waals surface area contributed by atoms with Gasteiger partial charge in [0.25, 0.3) is 11.8 Å². The van der Waals surface area contributed by atoms with Gasteiger partial charge in [0.1, 0.15) is 23.8 Å². The van der Waals surface area contributed by atoms with E-state index >= 15 is 0 Å². The molecule has 1 fully saturated rings. The number of likely N-dealkylation sites (tertiary alicyclic amines) is 1. The van der Waals surface area contributed by atoms with Crippen LogP contribution in [0.4, 0.5) is 13.6 Å². The highest BCUT2D eigenvalue weighted by Crippen LogP contribution is 2.38. The first kappa shape index (κ1) is 29.4. The number of hydrogen-bond donors (Lipinski definition) is 2. The van der Waals surface area contributed by atoms with E-state index in [0.717, 1.165) is 17.7 Å². The van der Waals surface area contributed by atoms with E-state index in [1.54, 1.807) is 7.05 Å². The summed E-state index contributed by atoms with van der Waals surface area (Å²) in [7, 11) is 1.56. The molecule has 2 aliphatic heterocycles. The second-order valence-electron chi connectivity index (χ2n) is 10.5. The Morgan fingerprint density at radius 1 is 1.15 bits per heavy atom. The number of halogens is 2. The lowest BCUT2D eigenvalue weighted by molar-refractivity contribution is -0.145. The number of ether oxygens (including phenoxy) is 2. The number of carbonyl (C=O) groups excluding carboxylic acids is 4. The van der Waals surface area contributed by atoms with E-state index in [0.29, 0.717) is 18.6 Å². The summed E-state index contributed by atoms with van der Waals surface area (Å²) in [6.07, 6.45) is -0.572. The van der Waals surface area contributed by atoms with Crippen molar-refractivity contribution in [3.05, 3.63) is 65.7 Å². The van der Waals surface area contributed by atoms with Crippen LogP contribution >= 0.6 is 0 Å². The minimum Gasteiger partial charge on any atom is -0.491 e. The highest BCUT2D eigenvalue weighted by Gasteiger charge is 2.54. The number of rotatable bonds is 9. The summed E-state index contributed by atoms with van der Waals surface area (Å²) in [4.78, 5) is 53.1. The van der Waals surface area contributed by atoms with Gasteiger partial charge in [0, 0.05) is 32.6 Å². The van der Waals surface area contributed by atoms with Crippen LogP contribution in [0, 0.1) is 17.0 Å². The lowest BCUT2D eigenvalue weighted by Crippen LogP contribution is -2.61. The molecular weight excluding hydrogens is 540 g/mol. The third-order valence-electron chi connectivity index (χ3n) is 7.08. The number of hydrazone groups is 1. The van der Waals surface area contributed by atoms with Gasteiger partial charge in [-0.05, 0) is 38.0 Å². The van der Waals surface area contributed by atoms with Gasteiger partial charge in [0.05, 0.1) is 5.71 Å². The number of fused-ring (bicyclic) bond motifs is 1. The van der Waals surface area contributed by atoms with Crippen LogP contribution in [0.1, 0.15) is 25.8 Å². The molecule has 1 saturated heterocycles. The molecular formula is C28H31F2N5O6. The van der Waals surface area contributed by atoms with Crippen LogP contribution < -0.4 is 15.8 Å². The van der Waals surface area contributed by atoms with Crippen LogP contribution in [0.2, 0.25) is 0 Å². The number of piperidine rings is 1. The van der Waals surface area contributed by atoms with Gasteiger partial charge in [0.15, 0.2) is 17.2 Å². The number of hydrogen-bond acceptors (Lipinski definition) is 7. The second kappa shape index (κ2) is 11.5. The number of nitrogens with one attached hydrogen (secondary N) is 1. The molecule has 13 heteroatoms. The average molecular weight is 572 g/mol. The zero-order valence-electron chi connectivity index (χ0n) is 22.9. The van der Waals surface area contributed by atoms with E-state index in [1.807, 2.05) is 30.3 Å². The van der Waals surface area contributed by atoms with Gasteiger partial charge < -0.3 is 25.4 Å². The Balaban J connectivity index is 1.60. The first-order valence-electron chi connectivity index (χ1n) is 12.9. The van der Waals surface area contributed by atoms with Gasteiger partial charge in [-0.25, -0.2) is 18.6 Å². The maximum Gasteiger partial charge on any atom is 0.405 e. The Kier molecular flexibility index (Phi) is 8.27. The Labute approximate surface area is 235 Å². The molecule has 0 bridgehead atoms. The van der Waals surface area contributed by atoms with Crippen LogP contribution in [-0.4, -0.2) is 77.8 Å². The third kappa shape index (κ3) is 6.28. The Bertz CT molecular complexity index is 1390. The van der Waals surface area contributed by atoms with Gasteiger partial charge in [0.2, 0.25) is 5.91 Å². The summed E-state index contributed by atoms with van der Waals surface area (Å²) in [6, 6.07) is 10.8. The minimum atomic E-state index is -1.74. The molecule has 4 amide bonds. The van der Waals surface area contributed by atoms with Crippen molar-refractivity contribution < 1.29 is 37.4 Å². The lowest BCUT2D eigenvalue weighted by Gasteiger charge is -2.40. The predicted molar refractivity (Wildman–Crippen MR) is 143 cm³/mol. The predicted octanol–water partition coefficient (Wildman–Crippen LogP) is 1.99. The Morgan fingerprint density at radius 2 is 1.85 bits per heavy atom. The maximum absolute atomic E-state index is 13.9. The molecule has 2 heterocycles. The molecule has 2 aromatic rings. The molecule has 0 saturated carbocycles. The fraction of sp³-hybridized carbons (Fsp3) is 0.393. The average Bonchev–Trinajstić information content (AvgIpc) is 3.16. The summed E-state index contributed by atoms with van der Waals surface area (Å²) >= 11 is 0. The van der Waals surface area contributed by atoms with E-state index in [-0.39, 0.29) is 24.7 Å².